The highest BCUT2D eigenvalue weighted by atomic mass is 35.5. The molecule has 6 nitrogen and oxygen atoms in total. The van der Waals surface area contributed by atoms with Gasteiger partial charge in [-0.1, -0.05) is 17.7 Å². The molecule has 2 amide bonds. The third-order valence-electron chi connectivity index (χ3n) is 5.76. The van der Waals surface area contributed by atoms with Gasteiger partial charge in [-0.3, -0.25) is 9.59 Å². The summed E-state index contributed by atoms with van der Waals surface area (Å²) in [5.74, 6) is 0.529. The second-order valence-corrected chi connectivity index (χ2v) is 8.40. The average molecular weight is 464 g/mol. The number of benzene rings is 3. The zero-order chi connectivity index (χ0) is 23.4. The Balaban J connectivity index is 1.33. The standard InChI is InChI=1S/C26H26ClN3O3/c1-18-3-12-23(24(27)17-18)25(31)28-20-6-8-21(9-7-20)29-13-15-30(16-14-29)26(32)19-4-10-22(33-2)11-5-19/h3-12,17H,13-16H2,1-2H3,(H,28,31). The van der Waals surface area contributed by atoms with Gasteiger partial charge < -0.3 is 19.9 Å². The van der Waals surface area contributed by atoms with Gasteiger partial charge >= 0.3 is 0 Å². The summed E-state index contributed by atoms with van der Waals surface area (Å²) in [6.07, 6.45) is 0. The number of amides is 2. The van der Waals surface area contributed by atoms with E-state index in [1.54, 1.807) is 43.5 Å². The van der Waals surface area contributed by atoms with E-state index in [0.717, 1.165) is 30.1 Å². The van der Waals surface area contributed by atoms with Crippen LogP contribution in [0.15, 0.2) is 66.7 Å². The first-order chi connectivity index (χ1) is 15.9. The molecule has 0 spiro atoms. The van der Waals surface area contributed by atoms with E-state index in [2.05, 4.69) is 10.2 Å². The predicted octanol–water partition coefficient (Wildman–Crippen LogP) is 4.87. The lowest BCUT2D eigenvalue weighted by atomic mass is 10.1. The van der Waals surface area contributed by atoms with Gasteiger partial charge in [0.15, 0.2) is 0 Å². The Labute approximate surface area is 198 Å². The quantitative estimate of drug-likeness (QED) is 0.586. The Bertz CT molecular complexity index is 1140. The summed E-state index contributed by atoms with van der Waals surface area (Å²) in [5.41, 5.74) is 3.88. The third kappa shape index (κ3) is 5.29. The van der Waals surface area contributed by atoms with Crippen molar-refractivity contribution in [2.45, 2.75) is 6.92 Å². The highest BCUT2D eigenvalue weighted by molar-refractivity contribution is 6.34. The zero-order valence-electron chi connectivity index (χ0n) is 18.7. The molecule has 0 unspecified atom stereocenters. The van der Waals surface area contributed by atoms with Crippen molar-refractivity contribution in [3.63, 3.8) is 0 Å². The molecule has 0 bridgehead atoms. The Kier molecular flexibility index (Phi) is 6.84. The summed E-state index contributed by atoms with van der Waals surface area (Å²) >= 11 is 6.20. The number of carbonyl (C=O) groups is 2. The van der Waals surface area contributed by atoms with Gasteiger partial charge in [0.1, 0.15) is 5.75 Å². The molecule has 1 heterocycles. The SMILES string of the molecule is COc1ccc(C(=O)N2CCN(c3ccc(NC(=O)c4ccc(C)cc4Cl)cc3)CC2)cc1. The number of methoxy groups -OCH3 is 1. The molecular weight excluding hydrogens is 438 g/mol. The molecule has 1 N–H and O–H groups in total. The van der Waals surface area contributed by atoms with Gasteiger partial charge in [0, 0.05) is 43.1 Å². The number of piperazine rings is 1. The summed E-state index contributed by atoms with van der Waals surface area (Å²) in [5, 5.41) is 3.33. The fourth-order valence-electron chi connectivity index (χ4n) is 3.84. The lowest BCUT2D eigenvalue weighted by molar-refractivity contribution is 0.0746. The lowest BCUT2D eigenvalue weighted by Gasteiger charge is -2.36. The Hall–Kier alpha value is -3.51. The molecule has 0 atom stereocenters. The average Bonchev–Trinajstić information content (AvgIpc) is 2.84. The molecule has 170 valence electrons. The maximum absolute atomic E-state index is 12.8. The summed E-state index contributed by atoms with van der Waals surface area (Å²) in [4.78, 5) is 29.4. The topological polar surface area (TPSA) is 61.9 Å². The molecule has 3 aromatic carbocycles. The Morgan fingerprint density at radius 2 is 1.58 bits per heavy atom. The number of nitrogens with zero attached hydrogens (tertiary/aromatic N) is 2. The van der Waals surface area contributed by atoms with Crippen LogP contribution in [0.3, 0.4) is 0 Å². The third-order valence-corrected chi connectivity index (χ3v) is 6.08. The van der Waals surface area contributed by atoms with Crippen molar-refractivity contribution in [3.8, 4) is 5.75 Å². The number of aryl methyl sites for hydroxylation is 1. The number of nitrogens with one attached hydrogen (secondary N) is 1. The Morgan fingerprint density at radius 3 is 2.18 bits per heavy atom. The number of anilines is 2. The van der Waals surface area contributed by atoms with Crippen molar-refractivity contribution < 1.29 is 14.3 Å². The van der Waals surface area contributed by atoms with Gasteiger partial charge in [-0.05, 0) is 73.2 Å². The number of ether oxygens (including phenoxy) is 1. The monoisotopic (exact) mass is 463 g/mol. The van der Waals surface area contributed by atoms with Gasteiger partial charge in [0.2, 0.25) is 0 Å². The van der Waals surface area contributed by atoms with E-state index < -0.39 is 0 Å². The van der Waals surface area contributed by atoms with Crippen LogP contribution in [0.1, 0.15) is 26.3 Å². The van der Waals surface area contributed by atoms with Crippen LogP contribution in [0, 0.1) is 6.92 Å². The first-order valence-corrected chi connectivity index (χ1v) is 11.2. The van der Waals surface area contributed by atoms with Crippen molar-refractivity contribution in [1.29, 1.82) is 0 Å². The second kappa shape index (κ2) is 9.96. The highest BCUT2D eigenvalue weighted by Gasteiger charge is 2.22. The molecule has 0 aromatic heterocycles. The summed E-state index contributed by atoms with van der Waals surface area (Å²) in [6, 6.07) is 20.3. The maximum atomic E-state index is 12.8. The van der Waals surface area contributed by atoms with Crippen molar-refractivity contribution in [2.24, 2.45) is 0 Å². The van der Waals surface area contributed by atoms with Crippen LogP contribution in [0.25, 0.3) is 0 Å². The summed E-state index contributed by atoms with van der Waals surface area (Å²) < 4.78 is 5.16. The van der Waals surface area contributed by atoms with E-state index in [1.165, 1.54) is 0 Å². The number of hydrogen-bond donors (Lipinski definition) is 1. The predicted molar refractivity (Wildman–Crippen MR) is 132 cm³/mol. The van der Waals surface area contributed by atoms with Crippen LogP contribution in [0.4, 0.5) is 11.4 Å². The summed E-state index contributed by atoms with van der Waals surface area (Å²) in [6.45, 7) is 4.71. The van der Waals surface area contributed by atoms with Crippen LogP contribution in [-0.2, 0) is 0 Å². The molecule has 3 aromatic rings. The zero-order valence-corrected chi connectivity index (χ0v) is 19.4. The minimum Gasteiger partial charge on any atom is -0.497 e. The second-order valence-electron chi connectivity index (χ2n) is 7.99. The van der Waals surface area contributed by atoms with Crippen LogP contribution in [0.5, 0.6) is 5.75 Å². The van der Waals surface area contributed by atoms with E-state index >= 15 is 0 Å². The van der Waals surface area contributed by atoms with Crippen LogP contribution < -0.4 is 15.0 Å². The van der Waals surface area contributed by atoms with E-state index in [-0.39, 0.29) is 11.8 Å². The van der Waals surface area contributed by atoms with Gasteiger partial charge in [-0.2, -0.15) is 0 Å². The maximum Gasteiger partial charge on any atom is 0.257 e. The molecule has 0 saturated carbocycles. The molecule has 1 aliphatic rings. The first kappa shape index (κ1) is 22.7. The molecule has 7 heteroatoms. The minimum atomic E-state index is -0.238. The van der Waals surface area contributed by atoms with Gasteiger partial charge in [-0.25, -0.2) is 0 Å². The number of carbonyl (C=O) groups excluding carboxylic acids is 2. The van der Waals surface area contributed by atoms with Crippen LogP contribution >= 0.6 is 11.6 Å². The van der Waals surface area contributed by atoms with Crippen molar-refractivity contribution >= 4 is 34.8 Å². The fourth-order valence-corrected chi connectivity index (χ4v) is 4.16. The number of halogens is 1. The van der Waals surface area contributed by atoms with Crippen molar-refractivity contribution in [1.82, 2.24) is 4.90 Å². The fraction of sp³-hybridized carbons (Fsp3) is 0.231. The summed E-state index contributed by atoms with van der Waals surface area (Å²) in [7, 11) is 1.61. The largest absolute Gasteiger partial charge is 0.497 e. The Morgan fingerprint density at radius 1 is 0.909 bits per heavy atom. The lowest BCUT2D eigenvalue weighted by Crippen LogP contribution is -2.48. The van der Waals surface area contributed by atoms with Gasteiger partial charge in [0.05, 0.1) is 17.7 Å². The molecule has 1 aliphatic heterocycles. The molecule has 1 saturated heterocycles. The highest BCUT2D eigenvalue weighted by Crippen LogP contribution is 2.23. The minimum absolute atomic E-state index is 0.0325. The van der Waals surface area contributed by atoms with E-state index in [1.807, 2.05) is 42.2 Å². The smallest absolute Gasteiger partial charge is 0.257 e. The molecular formula is C26H26ClN3O3. The van der Waals surface area contributed by atoms with Gasteiger partial charge in [0.25, 0.3) is 11.8 Å². The molecule has 0 aliphatic carbocycles. The van der Waals surface area contributed by atoms with E-state index in [4.69, 9.17) is 16.3 Å². The normalized spacial score (nSPS) is 13.5. The van der Waals surface area contributed by atoms with Crippen molar-refractivity contribution in [2.75, 3.05) is 43.5 Å². The molecule has 0 radical (unpaired) electrons. The molecule has 33 heavy (non-hydrogen) atoms. The van der Waals surface area contributed by atoms with Crippen LogP contribution in [0.2, 0.25) is 5.02 Å². The van der Waals surface area contributed by atoms with Gasteiger partial charge in [-0.15, -0.1) is 0 Å². The molecule has 1 fully saturated rings. The molecule has 4 rings (SSSR count). The number of hydrogen-bond acceptors (Lipinski definition) is 4. The van der Waals surface area contributed by atoms with Crippen LogP contribution in [-0.4, -0.2) is 50.0 Å². The van der Waals surface area contributed by atoms with E-state index in [9.17, 15) is 9.59 Å². The van der Waals surface area contributed by atoms with Crippen molar-refractivity contribution in [3.05, 3.63) is 88.4 Å². The van der Waals surface area contributed by atoms with E-state index in [0.29, 0.717) is 34.9 Å². The first-order valence-electron chi connectivity index (χ1n) is 10.8. The number of rotatable bonds is 5.